The summed E-state index contributed by atoms with van der Waals surface area (Å²) >= 11 is 7.03. The molecule has 0 aliphatic heterocycles. The molecule has 0 bridgehead atoms. The van der Waals surface area contributed by atoms with Crippen molar-refractivity contribution in [2.75, 3.05) is 5.75 Å². The lowest BCUT2D eigenvalue weighted by molar-refractivity contribution is -0.141. The van der Waals surface area contributed by atoms with Gasteiger partial charge in [-0.1, -0.05) is 35.5 Å². The zero-order chi connectivity index (χ0) is 19.1. The number of halogens is 1. The predicted molar refractivity (Wildman–Crippen MR) is 95.0 cm³/mol. The summed E-state index contributed by atoms with van der Waals surface area (Å²) in [6.07, 6.45) is 0. The Balaban J connectivity index is 1.80. The molecule has 2 rings (SSSR count). The molecule has 0 spiro atoms. The van der Waals surface area contributed by atoms with Gasteiger partial charge in [-0.2, -0.15) is 0 Å². The number of hydrazine groups is 1. The molecule has 11 heteroatoms. The fraction of sp³-hybridized carbons (Fsp3) is 0.267. The number of amides is 3. The average Bonchev–Trinajstić information content (AvgIpc) is 3.06. The maximum absolute atomic E-state index is 11.7. The van der Waals surface area contributed by atoms with E-state index in [9.17, 15) is 14.4 Å². The van der Waals surface area contributed by atoms with E-state index in [-0.39, 0.29) is 22.9 Å². The van der Waals surface area contributed by atoms with Gasteiger partial charge in [0.25, 0.3) is 5.22 Å². The minimum Gasteiger partial charge on any atom is -0.411 e. The fourth-order valence-electron chi connectivity index (χ4n) is 1.69. The summed E-state index contributed by atoms with van der Waals surface area (Å²) < 4.78 is 5.43. The highest BCUT2D eigenvalue weighted by atomic mass is 35.5. The van der Waals surface area contributed by atoms with E-state index in [0.717, 1.165) is 11.8 Å². The molecule has 2 aromatic rings. The van der Waals surface area contributed by atoms with Crippen molar-refractivity contribution < 1.29 is 18.8 Å². The predicted octanol–water partition coefficient (Wildman–Crippen LogP) is 1.15. The standard InChI is InChI=1S/C15H16ClN5O4S/c1-8(2)17-12(23)13(24)19-18-11(22)7-26-15-21-20-14(25-15)9-5-3-4-6-10(9)16/h3-6,8H,7H2,1-2H3,(H,17,23)(H,18,22)(H,19,24). The third-order valence-electron chi connectivity index (χ3n) is 2.78. The molecule has 26 heavy (non-hydrogen) atoms. The highest BCUT2D eigenvalue weighted by Crippen LogP contribution is 2.28. The van der Waals surface area contributed by atoms with Crippen LogP contribution in [-0.4, -0.2) is 39.7 Å². The van der Waals surface area contributed by atoms with E-state index in [2.05, 4.69) is 20.9 Å². The van der Waals surface area contributed by atoms with Gasteiger partial charge in [0.05, 0.1) is 16.3 Å². The van der Waals surface area contributed by atoms with Gasteiger partial charge in [-0.3, -0.25) is 25.2 Å². The van der Waals surface area contributed by atoms with Crippen molar-refractivity contribution >= 4 is 41.1 Å². The number of hydrogen-bond acceptors (Lipinski definition) is 7. The van der Waals surface area contributed by atoms with Crippen molar-refractivity contribution in [1.82, 2.24) is 26.4 Å². The number of aromatic nitrogens is 2. The van der Waals surface area contributed by atoms with Crippen molar-refractivity contribution in [2.45, 2.75) is 25.1 Å². The maximum Gasteiger partial charge on any atom is 0.327 e. The Bertz CT molecular complexity index is 811. The Labute approximate surface area is 158 Å². The molecular weight excluding hydrogens is 382 g/mol. The number of carbonyl (C=O) groups is 3. The van der Waals surface area contributed by atoms with Gasteiger partial charge in [0, 0.05) is 6.04 Å². The molecule has 0 aliphatic carbocycles. The van der Waals surface area contributed by atoms with Crippen LogP contribution in [0.3, 0.4) is 0 Å². The SMILES string of the molecule is CC(C)NC(=O)C(=O)NNC(=O)CSc1nnc(-c2ccccc2Cl)o1. The minimum atomic E-state index is -0.962. The number of rotatable bonds is 5. The van der Waals surface area contributed by atoms with Gasteiger partial charge >= 0.3 is 11.8 Å². The molecule has 1 aromatic carbocycles. The first-order valence-electron chi connectivity index (χ1n) is 7.47. The van der Waals surface area contributed by atoms with Crippen molar-refractivity contribution in [2.24, 2.45) is 0 Å². The van der Waals surface area contributed by atoms with Crippen LogP contribution in [0.5, 0.6) is 0 Å². The van der Waals surface area contributed by atoms with Crippen LogP contribution in [0.15, 0.2) is 33.9 Å². The topological polar surface area (TPSA) is 126 Å². The third-order valence-corrected chi connectivity index (χ3v) is 3.93. The van der Waals surface area contributed by atoms with Crippen molar-refractivity contribution in [3.05, 3.63) is 29.3 Å². The highest BCUT2D eigenvalue weighted by molar-refractivity contribution is 7.99. The Hall–Kier alpha value is -2.59. The molecule has 1 heterocycles. The highest BCUT2D eigenvalue weighted by Gasteiger charge is 2.16. The van der Waals surface area contributed by atoms with E-state index in [0.29, 0.717) is 10.6 Å². The van der Waals surface area contributed by atoms with Gasteiger partial charge in [-0.15, -0.1) is 10.2 Å². The van der Waals surface area contributed by atoms with Gasteiger partial charge < -0.3 is 9.73 Å². The van der Waals surface area contributed by atoms with Crippen LogP contribution in [0.1, 0.15) is 13.8 Å². The van der Waals surface area contributed by atoms with E-state index in [1.807, 2.05) is 5.43 Å². The third kappa shape index (κ3) is 5.74. The second kappa shape index (κ2) is 9.20. The summed E-state index contributed by atoms with van der Waals surface area (Å²) in [6, 6.07) is 6.79. The van der Waals surface area contributed by atoms with Gasteiger partial charge in [0.15, 0.2) is 0 Å². The zero-order valence-electron chi connectivity index (χ0n) is 13.9. The summed E-state index contributed by atoms with van der Waals surface area (Å²) in [7, 11) is 0. The Kier molecular flexibility index (Phi) is 6.98. The van der Waals surface area contributed by atoms with Crippen LogP contribution in [0.25, 0.3) is 11.5 Å². The first kappa shape index (κ1) is 19.7. The molecule has 0 aliphatic rings. The van der Waals surface area contributed by atoms with Crippen molar-refractivity contribution in [3.63, 3.8) is 0 Å². The Morgan fingerprint density at radius 2 is 1.88 bits per heavy atom. The number of hydrogen-bond donors (Lipinski definition) is 3. The Morgan fingerprint density at radius 1 is 1.15 bits per heavy atom. The molecule has 1 aromatic heterocycles. The summed E-state index contributed by atoms with van der Waals surface area (Å²) in [5, 5.41) is 10.7. The lowest BCUT2D eigenvalue weighted by atomic mass is 10.2. The molecule has 9 nitrogen and oxygen atoms in total. The molecule has 3 N–H and O–H groups in total. The summed E-state index contributed by atoms with van der Waals surface area (Å²) in [5.41, 5.74) is 4.72. The first-order chi connectivity index (χ1) is 12.4. The quantitative estimate of drug-likeness (QED) is 0.392. The van der Waals surface area contributed by atoms with E-state index < -0.39 is 17.7 Å². The molecule has 0 saturated carbocycles. The molecule has 0 fully saturated rings. The van der Waals surface area contributed by atoms with Crippen LogP contribution in [0.4, 0.5) is 0 Å². The normalized spacial score (nSPS) is 10.5. The van der Waals surface area contributed by atoms with Crippen molar-refractivity contribution in [1.29, 1.82) is 0 Å². The van der Waals surface area contributed by atoms with Crippen LogP contribution in [-0.2, 0) is 14.4 Å². The fourth-order valence-corrected chi connectivity index (χ4v) is 2.47. The number of carbonyl (C=O) groups excluding carboxylic acids is 3. The molecule has 138 valence electrons. The van der Waals surface area contributed by atoms with E-state index >= 15 is 0 Å². The summed E-state index contributed by atoms with van der Waals surface area (Å²) in [4.78, 5) is 34.5. The maximum atomic E-state index is 11.7. The lowest BCUT2D eigenvalue weighted by Gasteiger charge is -2.09. The van der Waals surface area contributed by atoms with Gasteiger partial charge in [-0.05, 0) is 26.0 Å². The monoisotopic (exact) mass is 397 g/mol. The zero-order valence-corrected chi connectivity index (χ0v) is 15.5. The number of thioether (sulfide) groups is 1. The van der Waals surface area contributed by atoms with Crippen LogP contribution >= 0.6 is 23.4 Å². The minimum absolute atomic E-state index is 0.101. The van der Waals surface area contributed by atoms with Crippen LogP contribution < -0.4 is 16.2 Å². The molecule has 0 atom stereocenters. The second-order valence-electron chi connectivity index (χ2n) is 5.27. The first-order valence-corrected chi connectivity index (χ1v) is 8.84. The van der Waals surface area contributed by atoms with Crippen LogP contribution in [0.2, 0.25) is 5.02 Å². The molecule has 3 amide bonds. The Morgan fingerprint density at radius 3 is 2.58 bits per heavy atom. The number of nitrogens with one attached hydrogen (secondary N) is 3. The average molecular weight is 398 g/mol. The summed E-state index contributed by atoms with van der Waals surface area (Å²) in [5.74, 6) is -2.21. The molecular formula is C15H16ClN5O4S. The number of benzene rings is 1. The van der Waals surface area contributed by atoms with Gasteiger partial charge in [-0.25, -0.2) is 0 Å². The molecule has 0 unspecified atom stereocenters. The van der Waals surface area contributed by atoms with E-state index in [4.69, 9.17) is 16.0 Å². The van der Waals surface area contributed by atoms with E-state index in [1.165, 1.54) is 0 Å². The van der Waals surface area contributed by atoms with Crippen LogP contribution in [0, 0.1) is 0 Å². The largest absolute Gasteiger partial charge is 0.411 e. The van der Waals surface area contributed by atoms with Crippen molar-refractivity contribution in [3.8, 4) is 11.5 Å². The lowest BCUT2D eigenvalue weighted by Crippen LogP contribution is -2.50. The molecule has 0 saturated heterocycles. The smallest absolute Gasteiger partial charge is 0.327 e. The number of nitrogens with zero attached hydrogens (tertiary/aromatic N) is 2. The van der Waals surface area contributed by atoms with Gasteiger partial charge in [0.1, 0.15) is 0 Å². The van der Waals surface area contributed by atoms with E-state index in [1.54, 1.807) is 38.1 Å². The van der Waals surface area contributed by atoms with Gasteiger partial charge in [0.2, 0.25) is 11.8 Å². The molecule has 0 radical (unpaired) electrons. The second-order valence-corrected chi connectivity index (χ2v) is 6.61. The summed E-state index contributed by atoms with van der Waals surface area (Å²) in [6.45, 7) is 3.42.